The second-order valence-electron chi connectivity index (χ2n) is 1.29. The highest BCUT2D eigenvalue weighted by atomic mass is 16.7. The van der Waals surface area contributed by atoms with E-state index >= 15 is 0 Å². The van der Waals surface area contributed by atoms with E-state index in [0.717, 1.165) is 0 Å². The lowest BCUT2D eigenvalue weighted by Crippen LogP contribution is -2.17. The molecule has 1 amide bonds. The molecule has 0 rings (SSSR count). The zero-order valence-corrected chi connectivity index (χ0v) is 4.76. The molecular formula is C5H9NO2. The third-order valence-corrected chi connectivity index (χ3v) is 0.634. The first-order chi connectivity index (χ1) is 3.81. The van der Waals surface area contributed by atoms with Crippen molar-refractivity contribution in [2.45, 2.75) is 13.0 Å². The van der Waals surface area contributed by atoms with Crippen molar-refractivity contribution in [2.75, 3.05) is 0 Å². The van der Waals surface area contributed by atoms with Gasteiger partial charge in [-0.15, -0.1) is 6.58 Å². The van der Waals surface area contributed by atoms with Crippen molar-refractivity contribution in [3.63, 3.8) is 0 Å². The summed E-state index contributed by atoms with van der Waals surface area (Å²) in [5, 5.41) is 0. The van der Waals surface area contributed by atoms with Gasteiger partial charge in [0.15, 0.2) is 0 Å². The Kier molecular flexibility index (Phi) is 3.88. The summed E-state index contributed by atoms with van der Waals surface area (Å²) >= 11 is 0. The fourth-order valence-electron chi connectivity index (χ4n) is 0.183. The van der Waals surface area contributed by atoms with Gasteiger partial charge < -0.3 is 0 Å². The van der Waals surface area contributed by atoms with E-state index in [1.165, 1.54) is 0 Å². The number of rotatable bonds is 4. The van der Waals surface area contributed by atoms with Gasteiger partial charge in [0.05, 0.1) is 0 Å². The van der Waals surface area contributed by atoms with E-state index < -0.39 is 0 Å². The highest BCUT2D eigenvalue weighted by molar-refractivity contribution is 5.43. The molecule has 0 radical (unpaired) electrons. The molecule has 0 aromatic heterocycles. The van der Waals surface area contributed by atoms with Crippen LogP contribution in [0.5, 0.6) is 0 Å². The van der Waals surface area contributed by atoms with Gasteiger partial charge in [-0.25, -0.2) is 5.48 Å². The van der Waals surface area contributed by atoms with Gasteiger partial charge >= 0.3 is 0 Å². The largest absolute Gasteiger partial charge is 0.277 e. The molecule has 0 aliphatic rings. The van der Waals surface area contributed by atoms with E-state index in [2.05, 4.69) is 11.4 Å². The normalized spacial score (nSPS) is 12.1. The minimum absolute atomic E-state index is 0.125. The van der Waals surface area contributed by atoms with Crippen LogP contribution in [0.2, 0.25) is 0 Å². The van der Waals surface area contributed by atoms with Crippen LogP contribution in [0.4, 0.5) is 0 Å². The average molecular weight is 115 g/mol. The minimum Gasteiger partial charge on any atom is -0.277 e. The molecule has 1 N–H and O–H groups in total. The summed E-state index contributed by atoms with van der Waals surface area (Å²) in [6.45, 7) is 5.20. The van der Waals surface area contributed by atoms with Crippen LogP contribution >= 0.6 is 0 Å². The van der Waals surface area contributed by atoms with Crippen molar-refractivity contribution < 1.29 is 9.63 Å². The molecule has 0 saturated carbocycles. The fraction of sp³-hybridized carbons (Fsp3) is 0.400. The third-order valence-electron chi connectivity index (χ3n) is 0.634. The van der Waals surface area contributed by atoms with Gasteiger partial charge in [-0.05, 0) is 6.92 Å². The van der Waals surface area contributed by atoms with Crippen LogP contribution in [0.1, 0.15) is 6.92 Å². The third kappa shape index (κ3) is 3.36. The lowest BCUT2D eigenvalue weighted by atomic mass is 10.4. The molecule has 0 heterocycles. The van der Waals surface area contributed by atoms with E-state index in [-0.39, 0.29) is 6.10 Å². The SMILES string of the molecule is C=CC(C)ONC=O. The maximum Gasteiger partial charge on any atom is 0.230 e. The highest BCUT2D eigenvalue weighted by Crippen LogP contribution is 1.83. The summed E-state index contributed by atoms with van der Waals surface area (Å²) in [6.07, 6.45) is 1.93. The number of hydroxylamine groups is 1. The van der Waals surface area contributed by atoms with Crippen molar-refractivity contribution in [1.29, 1.82) is 0 Å². The van der Waals surface area contributed by atoms with Crippen molar-refractivity contribution in [1.82, 2.24) is 5.48 Å². The number of hydrogen-bond acceptors (Lipinski definition) is 2. The number of hydrogen-bond donors (Lipinski definition) is 1. The number of amides is 1. The van der Waals surface area contributed by atoms with E-state index in [1.807, 2.05) is 5.48 Å². The lowest BCUT2D eigenvalue weighted by molar-refractivity contribution is -0.122. The van der Waals surface area contributed by atoms with Gasteiger partial charge in [0.2, 0.25) is 6.41 Å². The molecule has 46 valence electrons. The molecule has 0 aliphatic carbocycles. The van der Waals surface area contributed by atoms with Crippen molar-refractivity contribution >= 4 is 6.41 Å². The Labute approximate surface area is 48.3 Å². The van der Waals surface area contributed by atoms with Gasteiger partial charge in [0, 0.05) is 0 Å². The van der Waals surface area contributed by atoms with Crippen LogP contribution in [0.3, 0.4) is 0 Å². The van der Waals surface area contributed by atoms with Crippen molar-refractivity contribution in [3.05, 3.63) is 12.7 Å². The summed E-state index contributed by atoms with van der Waals surface area (Å²) in [4.78, 5) is 14.2. The topological polar surface area (TPSA) is 38.3 Å². The zero-order valence-electron chi connectivity index (χ0n) is 4.76. The minimum atomic E-state index is -0.125. The molecule has 0 aromatic rings. The molecule has 0 fully saturated rings. The van der Waals surface area contributed by atoms with E-state index in [4.69, 9.17) is 0 Å². The summed E-state index contributed by atoms with van der Waals surface area (Å²) < 4.78 is 0. The molecule has 3 heteroatoms. The van der Waals surface area contributed by atoms with Gasteiger partial charge in [0.25, 0.3) is 0 Å². The van der Waals surface area contributed by atoms with Crippen molar-refractivity contribution in [3.8, 4) is 0 Å². The van der Waals surface area contributed by atoms with Gasteiger partial charge in [0.1, 0.15) is 6.10 Å². The number of carbonyl (C=O) groups is 1. The highest BCUT2D eigenvalue weighted by Gasteiger charge is 1.90. The number of carbonyl (C=O) groups excluding carboxylic acids is 1. The van der Waals surface area contributed by atoms with Crippen molar-refractivity contribution in [2.24, 2.45) is 0 Å². The van der Waals surface area contributed by atoms with E-state index in [9.17, 15) is 4.79 Å². The number of nitrogens with one attached hydrogen (secondary N) is 1. The predicted molar refractivity (Wildman–Crippen MR) is 29.9 cm³/mol. The molecule has 1 atom stereocenters. The molecular weight excluding hydrogens is 106 g/mol. The van der Waals surface area contributed by atoms with Gasteiger partial charge in [-0.3, -0.25) is 9.63 Å². The maximum atomic E-state index is 9.55. The van der Waals surface area contributed by atoms with E-state index in [0.29, 0.717) is 6.41 Å². The Balaban J connectivity index is 3.09. The van der Waals surface area contributed by atoms with Gasteiger partial charge in [-0.1, -0.05) is 6.08 Å². The molecule has 0 aromatic carbocycles. The summed E-state index contributed by atoms with van der Waals surface area (Å²) in [6, 6.07) is 0. The van der Waals surface area contributed by atoms with Crippen LogP contribution in [0.15, 0.2) is 12.7 Å². The Morgan fingerprint density at radius 1 is 1.88 bits per heavy atom. The standard InChI is InChI=1S/C5H9NO2/c1-3-5(2)8-6-4-7/h3-5H,1H2,2H3,(H,6,7). The molecule has 0 spiro atoms. The molecule has 3 nitrogen and oxygen atoms in total. The summed E-state index contributed by atoms with van der Waals surface area (Å²) in [5.41, 5.74) is 2.05. The summed E-state index contributed by atoms with van der Waals surface area (Å²) in [5.74, 6) is 0. The molecule has 0 bridgehead atoms. The monoisotopic (exact) mass is 115 g/mol. The molecule has 0 saturated heterocycles. The quantitative estimate of drug-likeness (QED) is 0.324. The Morgan fingerprint density at radius 2 is 2.50 bits per heavy atom. The Morgan fingerprint density at radius 3 is 2.88 bits per heavy atom. The Bertz CT molecular complexity index is 82.5. The lowest BCUT2D eigenvalue weighted by Gasteiger charge is -2.02. The summed E-state index contributed by atoms with van der Waals surface area (Å²) in [7, 11) is 0. The van der Waals surface area contributed by atoms with E-state index in [1.54, 1.807) is 13.0 Å². The van der Waals surface area contributed by atoms with Crippen LogP contribution < -0.4 is 5.48 Å². The fourth-order valence-corrected chi connectivity index (χ4v) is 0.183. The smallest absolute Gasteiger partial charge is 0.230 e. The van der Waals surface area contributed by atoms with Crippen LogP contribution in [0.25, 0.3) is 0 Å². The first kappa shape index (κ1) is 7.17. The zero-order chi connectivity index (χ0) is 6.41. The first-order valence-electron chi connectivity index (χ1n) is 2.28. The Hall–Kier alpha value is -0.830. The second kappa shape index (κ2) is 4.33. The van der Waals surface area contributed by atoms with Crippen LogP contribution in [0, 0.1) is 0 Å². The molecule has 1 unspecified atom stereocenters. The average Bonchev–Trinajstić information content (AvgIpc) is 1.83. The predicted octanol–water partition coefficient (Wildman–Crippen LogP) is 0.238. The second-order valence-corrected chi connectivity index (χ2v) is 1.29. The maximum absolute atomic E-state index is 9.55. The van der Waals surface area contributed by atoms with Gasteiger partial charge in [-0.2, -0.15) is 0 Å². The van der Waals surface area contributed by atoms with Crippen LogP contribution in [-0.4, -0.2) is 12.5 Å². The molecule has 8 heavy (non-hydrogen) atoms. The first-order valence-corrected chi connectivity index (χ1v) is 2.28. The molecule has 0 aliphatic heterocycles. The van der Waals surface area contributed by atoms with Crippen LogP contribution in [-0.2, 0) is 9.63 Å².